The van der Waals surface area contributed by atoms with Crippen LogP contribution in [0.15, 0.2) is 53.3 Å². The van der Waals surface area contributed by atoms with E-state index in [-0.39, 0.29) is 11.5 Å². The van der Waals surface area contributed by atoms with Crippen molar-refractivity contribution in [2.75, 3.05) is 0 Å². The molecule has 0 radical (unpaired) electrons. The quantitative estimate of drug-likeness (QED) is 0.581. The van der Waals surface area contributed by atoms with Gasteiger partial charge in [0.15, 0.2) is 0 Å². The van der Waals surface area contributed by atoms with E-state index in [0.717, 1.165) is 5.56 Å². The average molecular weight is 442 g/mol. The summed E-state index contributed by atoms with van der Waals surface area (Å²) in [4.78, 5) is 30.8. The van der Waals surface area contributed by atoms with Gasteiger partial charge in [0, 0.05) is 5.02 Å². The monoisotopic (exact) mass is 441 g/mol. The van der Waals surface area contributed by atoms with Crippen molar-refractivity contribution in [3.05, 3.63) is 75.3 Å². The maximum atomic E-state index is 13.4. The molecule has 164 valence electrons. The second kappa shape index (κ2) is 9.10. The molecule has 7 heteroatoms. The first-order chi connectivity index (χ1) is 14.5. The number of alkyl carbamates (subject to hydrolysis) is 1. The molecule has 1 amide bonds. The molecule has 1 aromatic heterocycles. The number of aromatic nitrogens is 2. The second-order valence-electron chi connectivity index (χ2n) is 8.88. The molecule has 0 spiro atoms. The van der Waals surface area contributed by atoms with Crippen LogP contribution in [0.4, 0.5) is 4.79 Å². The Kier molecular flexibility index (Phi) is 6.70. The lowest BCUT2D eigenvalue weighted by molar-refractivity contribution is 0.0485. The summed E-state index contributed by atoms with van der Waals surface area (Å²) < 4.78 is 7.07. The summed E-state index contributed by atoms with van der Waals surface area (Å²) in [5.74, 6) is 0.419. The molecule has 2 aromatic carbocycles. The number of amides is 1. The summed E-state index contributed by atoms with van der Waals surface area (Å²) >= 11 is 6.15. The molecule has 0 saturated carbocycles. The van der Waals surface area contributed by atoms with E-state index in [1.807, 2.05) is 44.2 Å². The topological polar surface area (TPSA) is 73.2 Å². The molecule has 31 heavy (non-hydrogen) atoms. The van der Waals surface area contributed by atoms with Crippen LogP contribution in [0, 0.1) is 5.92 Å². The lowest BCUT2D eigenvalue weighted by Crippen LogP contribution is -2.40. The molecular formula is C24H28ClN3O3. The molecule has 1 unspecified atom stereocenters. The summed E-state index contributed by atoms with van der Waals surface area (Å²) in [5.41, 5.74) is 0.631. The molecule has 0 bridgehead atoms. The van der Waals surface area contributed by atoms with E-state index >= 15 is 0 Å². The third-order valence-electron chi connectivity index (χ3n) is 4.75. The van der Waals surface area contributed by atoms with E-state index in [2.05, 4.69) is 5.32 Å². The number of ether oxygens (including phenoxy) is 1. The van der Waals surface area contributed by atoms with Crippen molar-refractivity contribution >= 4 is 28.6 Å². The standard InChI is InChI=1S/C24H28ClN3O3/c1-15(2)20(27-23(30)31-24(3,4)5)21-26-19-13-17(25)11-12-18(19)22(29)28(21)14-16-9-7-6-8-10-16/h6-13,15,20H,14H2,1-5H3,(H,27,30). The van der Waals surface area contributed by atoms with E-state index in [4.69, 9.17) is 21.3 Å². The summed E-state index contributed by atoms with van der Waals surface area (Å²) in [7, 11) is 0. The first-order valence-corrected chi connectivity index (χ1v) is 10.7. The van der Waals surface area contributed by atoms with Gasteiger partial charge in [-0.2, -0.15) is 0 Å². The van der Waals surface area contributed by atoms with Crippen LogP contribution in [0.2, 0.25) is 5.02 Å². The average Bonchev–Trinajstić information content (AvgIpc) is 2.67. The Morgan fingerprint density at radius 3 is 2.45 bits per heavy atom. The molecule has 1 heterocycles. The van der Waals surface area contributed by atoms with Crippen LogP contribution < -0.4 is 10.9 Å². The summed E-state index contributed by atoms with van der Waals surface area (Å²) in [6, 6.07) is 14.2. The number of nitrogens with zero attached hydrogens (tertiary/aromatic N) is 2. The first-order valence-electron chi connectivity index (χ1n) is 10.3. The third-order valence-corrected chi connectivity index (χ3v) is 4.98. The summed E-state index contributed by atoms with van der Waals surface area (Å²) in [6.07, 6.45) is -0.557. The highest BCUT2D eigenvalue weighted by Gasteiger charge is 2.27. The molecule has 3 aromatic rings. The van der Waals surface area contributed by atoms with Gasteiger partial charge in [0.2, 0.25) is 0 Å². The molecule has 0 aliphatic rings. The fourth-order valence-corrected chi connectivity index (χ4v) is 3.50. The number of rotatable bonds is 5. The molecule has 1 atom stereocenters. The molecule has 1 N–H and O–H groups in total. The largest absolute Gasteiger partial charge is 0.444 e. The third kappa shape index (κ3) is 5.64. The van der Waals surface area contributed by atoms with Gasteiger partial charge in [0.25, 0.3) is 5.56 Å². The van der Waals surface area contributed by atoms with Crippen LogP contribution in [0.1, 0.15) is 52.0 Å². The summed E-state index contributed by atoms with van der Waals surface area (Å²) in [5, 5.41) is 3.87. The zero-order valence-corrected chi connectivity index (χ0v) is 19.2. The number of benzene rings is 2. The van der Waals surface area contributed by atoms with Gasteiger partial charge in [-0.15, -0.1) is 0 Å². The smallest absolute Gasteiger partial charge is 0.408 e. The Hall–Kier alpha value is -2.86. The Bertz CT molecular complexity index is 1130. The predicted octanol–water partition coefficient (Wildman–Crippen LogP) is 5.32. The minimum Gasteiger partial charge on any atom is -0.444 e. The minimum atomic E-state index is -0.639. The highest BCUT2D eigenvalue weighted by atomic mass is 35.5. The van der Waals surface area contributed by atoms with E-state index in [1.54, 1.807) is 43.5 Å². The maximum absolute atomic E-state index is 13.4. The fourth-order valence-electron chi connectivity index (χ4n) is 3.33. The van der Waals surface area contributed by atoms with Gasteiger partial charge in [0.1, 0.15) is 11.4 Å². The number of carbonyl (C=O) groups is 1. The van der Waals surface area contributed by atoms with Crippen molar-refractivity contribution in [3.8, 4) is 0 Å². The van der Waals surface area contributed by atoms with Crippen molar-refractivity contribution in [1.29, 1.82) is 0 Å². The first kappa shape index (κ1) is 22.8. The van der Waals surface area contributed by atoms with E-state index < -0.39 is 17.7 Å². The number of fused-ring (bicyclic) bond motifs is 1. The zero-order chi connectivity index (χ0) is 22.8. The second-order valence-corrected chi connectivity index (χ2v) is 9.31. The SMILES string of the molecule is CC(C)C(NC(=O)OC(C)(C)C)c1nc2cc(Cl)ccc2c(=O)n1Cc1ccccc1. The van der Waals surface area contributed by atoms with E-state index in [0.29, 0.717) is 28.3 Å². The number of halogens is 1. The van der Waals surface area contributed by atoms with Crippen molar-refractivity contribution in [3.63, 3.8) is 0 Å². The number of carbonyl (C=O) groups excluding carboxylic acids is 1. The van der Waals surface area contributed by atoms with Crippen LogP contribution in [-0.4, -0.2) is 21.2 Å². The lowest BCUT2D eigenvalue weighted by atomic mass is 10.0. The van der Waals surface area contributed by atoms with Gasteiger partial charge >= 0.3 is 6.09 Å². The van der Waals surface area contributed by atoms with Crippen LogP contribution in [0.25, 0.3) is 10.9 Å². The van der Waals surface area contributed by atoms with Gasteiger partial charge in [-0.05, 0) is 50.5 Å². The van der Waals surface area contributed by atoms with Crippen molar-refractivity contribution in [1.82, 2.24) is 14.9 Å². The molecule has 0 aliphatic carbocycles. The molecular weight excluding hydrogens is 414 g/mol. The van der Waals surface area contributed by atoms with Gasteiger partial charge in [-0.3, -0.25) is 9.36 Å². The van der Waals surface area contributed by atoms with E-state index in [1.165, 1.54) is 0 Å². The molecule has 0 saturated heterocycles. The number of hydrogen-bond donors (Lipinski definition) is 1. The highest BCUT2D eigenvalue weighted by Crippen LogP contribution is 2.24. The van der Waals surface area contributed by atoms with Crippen LogP contribution >= 0.6 is 11.6 Å². The van der Waals surface area contributed by atoms with Crippen LogP contribution in [0.3, 0.4) is 0 Å². The van der Waals surface area contributed by atoms with Crippen molar-refractivity contribution in [2.24, 2.45) is 5.92 Å². The normalized spacial score (nSPS) is 12.7. The number of hydrogen-bond acceptors (Lipinski definition) is 4. The molecule has 3 rings (SSSR count). The summed E-state index contributed by atoms with van der Waals surface area (Å²) in [6.45, 7) is 9.67. The maximum Gasteiger partial charge on any atom is 0.408 e. The van der Waals surface area contributed by atoms with Gasteiger partial charge in [0.05, 0.1) is 23.5 Å². The Labute approximate surface area is 187 Å². The highest BCUT2D eigenvalue weighted by molar-refractivity contribution is 6.31. The molecule has 6 nitrogen and oxygen atoms in total. The van der Waals surface area contributed by atoms with Crippen molar-refractivity contribution < 1.29 is 9.53 Å². The van der Waals surface area contributed by atoms with Crippen molar-refractivity contribution in [2.45, 2.75) is 52.8 Å². The van der Waals surface area contributed by atoms with Gasteiger partial charge in [-0.1, -0.05) is 55.8 Å². The Balaban J connectivity index is 2.15. The van der Waals surface area contributed by atoms with Crippen LogP contribution in [-0.2, 0) is 11.3 Å². The van der Waals surface area contributed by atoms with Gasteiger partial charge < -0.3 is 10.1 Å². The van der Waals surface area contributed by atoms with E-state index in [9.17, 15) is 9.59 Å². The fraction of sp³-hybridized carbons (Fsp3) is 0.375. The predicted molar refractivity (Wildman–Crippen MR) is 124 cm³/mol. The molecule has 0 fully saturated rings. The molecule has 0 aliphatic heterocycles. The Morgan fingerprint density at radius 1 is 1.16 bits per heavy atom. The number of nitrogens with one attached hydrogen (secondary N) is 1. The minimum absolute atomic E-state index is 0.0434. The van der Waals surface area contributed by atoms with Crippen LogP contribution in [0.5, 0.6) is 0 Å². The zero-order valence-electron chi connectivity index (χ0n) is 18.5. The Morgan fingerprint density at radius 2 is 1.84 bits per heavy atom. The van der Waals surface area contributed by atoms with Gasteiger partial charge in [-0.25, -0.2) is 9.78 Å². The lowest BCUT2D eigenvalue weighted by Gasteiger charge is -2.27.